The second-order valence-electron chi connectivity index (χ2n) is 7.47. The van der Waals surface area contributed by atoms with Crippen LogP contribution in [0.4, 0.5) is 0 Å². The van der Waals surface area contributed by atoms with Crippen LogP contribution in [0.5, 0.6) is 0 Å². The van der Waals surface area contributed by atoms with E-state index in [-0.39, 0.29) is 0 Å². The van der Waals surface area contributed by atoms with Gasteiger partial charge in [-0.05, 0) is 47.6 Å². The van der Waals surface area contributed by atoms with Crippen molar-refractivity contribution in [3.8, 4) is 0 Å². The number of hydrogen-bond donors (Lipinski definition) is 1. The van der Waals surface area contributed by atoms with Gasteiger partial charge in [0.1, 0.15) is 4.99 Å². The first kappa shape index (κ1) is 15.0. The first-order valence-electron chi connectivity index (χ1n) is 7.85. The van der Waals surface area contributed by atoms with Crippen LogP contribution in [0.25, 0.3) is 0 Å². The van der Waals surface area contributed by atoms with Crippen molar-refractivity contribution in [3.63, 3.8) is 0 Å². The van der Waals surface area contributed by atoms with Crippen molar-refractivity contribution in [2.75, 3.05) is 0 Å². The Morgan fingerprint density at radius 2 is 2.14 bits per heavy atom. The Morgan fingerprint density at radius 3 is 2.71 bits per heavy atom. The summed E-state index contributed by atoms with van der Waals surface area (Å²) in [6.45, 7) is 7.90. The highest BCUT2D eigenvalue weighted by atomic mass is 32.1. The van der Waals surface area contributed by atoms with Crippen molar-refractivity contribution in [2.24, 2.45) is 22.5 Å². The zero-order chi connectivity index (χ0) is 15.3. The lowest BCUT2D eigenvalue weighted by Gasteiger charge is -2.39. The lowest BCUT2D eigenvalue weighted by Crippen LogP contribution is -2.37. The van der Waals surface area contributed by atoms with E-state index in [0.717, 1.165) is 17.0 Å². The average Bonchev–Trinajstić information content (AvgIpc) is 2.78. The van der Waals surface area contributed by atoms with Crippen LogP contribution < -0.4 is 5.73 Å². The van der Waals surface area contributed by atoms with Gasteiger partial charge < -0.3 is 10.5 Å². The van der Waals surface area contributed by atoms with Crippen molar-refractivity contribution >= 4 is 17.2 Å². The number of hydrogen-bond acceptors (Lipinski definition) is 2. The van der Waals surface area contributed by atoms with E-state index in [0.29, 0.717) is 28.5 Å². The highest BCUT2D eigenvalue weighted by Gasteiger charge is 2.61. The molecule has 0 heterocycles. The van der Waals surface area contributed by atoms with Crippen LogP contribution in [-0.4, -0.2) is 11.1 Å². The van der Waals surface area contributed by atoms with Gasteiger partial charge in [0.05, 0.1) is 12.7 Å². The molecule has 0 aromatic heterocycles. The number of thiocarbonyl (C=S) groups is 1. The monoisotopic (exact) mass is 303 g/mol. The number of ether oxygens (including phenoxy) is 1. The fourth-order valence-electron chi connectivity index (χ4n) is 4.39. The van der Waals surface area contributed by atoms with E-state index in [1.165, 1.54) is 19.3 Å². The quantitative estimate of drug-likeness (QED) is 0.852. The summed E-state index contributed by atoms with van der Waals surface area (Å²) in [7, 11) is 0. The van der Waals surface area contributed by atoms with Crippen LogP contribution in [0, 0.1) is 16.7 Å². The molecule has 2 bridgehead atoms. The highest BCUT2D eigenvalue weighted by Crippen LogP contribution is 2.66. The molecule has 0 spiro atoms. The maximum absolute atomic E-state index is 6.31. The molecule has 2 aliphatic rings. The maximum atomic E-state index is 6.31. The minimum atomic E-state index is 0.318. The third-order valence-electron chi connectivity index (χ3n) is 6.38. The van der Waals surface area contributed by atoms with Gasteiger partial charge in [0.15, 0.2) is 0 Å². The minimum absolute atomic E-state index is 0.318. The SMILES string of the molecule is CC1(C)C2CCC1(C)C(OCc1cccc(C(N)=S)c1)C2. The van der Waals surface area contributed by atoms with Crippen LogP contribution >= 0.6 is 12.2 Å². The largest absolute Gasteiger partial charge is 0.389 e. The van der Waals surface area contributed by atoms with Gasteiger partial charge in [0.2, 0.25) is 0 Å². The van der Waals surface area contributed by atoms with Crippen LogP contribution in [0.3, 0.4) is 0 Å². The van der Waals surface area contributed by atoms with Gasteiger partial charge in [-0.1, -0.05) is 51.2 Å². The summed E-state index contributed by atoms with van der Waals surface area (Å²) < 4.78 is 6.31. The average molecular weight is 303 g/mol. The Morgan fingerprint density at radius 1 is 1.38 bits per heavy atom. The molecule has 1 aromatic carbocycles. The van der Waals surface area contributed by atoms with Gasteiger partial charge in [-0.3, -0.25) is 0 Å². The molecule has 3 unspecified atom stereocenters. The molecule has 2 N–H and O–H groups in total. The summed E-state index contributed by atoms with van der Waals surface area (Å²) in [6, 6.07) is 8.08. The molecule has 114 valence electrons. The number of rotatable bonds is 4. The Kier molecular flexibility index (Phi) is 3.61. The Bertz CT molecular complexity index is 568. The number of benzene rings is 1. The molecule has 3 rings (SSSR count). The molecule has 0 aliphatic heterocycles. The lowest BCUT2D eigenvalue weighted by molar-refractivity contribution is -0.0550. The van der Waals surface area contributed by atoms with Gasteiger partial charge in [0, 0.05) is 5.56 Å². The third-order valence-corrected chi connectivity index (χ3v) is 6.61. The predicted molar refractivity (Wildman–Crippen MR) is 90.1 cm³/mol. The van der Waals surface area contributed by atoms with Crippen LogP contribution in [0.2, 0.25) is 0 Å². The smallest absolute Gasteiger partial charge is 0.103 e. The van der Waals surface area contributed by atoms with Crippen molar-refractivity contribution in [1.29, 1.82) is 0 Å². The number of nitrogens with two attached hydrogens (primary N) is 1. The summed E-state index contributed by atoms with van der Waals surface area (Å²) in [5, 5.41) is 0. The second kappa shape index (κ2) is 5.06. The zero-order valence-corrected chi connectivity index (χ0v) is 14.0. The first-order chi connectivity index (χ1) is 9.84. The summed E-state index contributed by atoms with van der Waals surface area (Å²) in [5.41, 5.74) is 8.50. The van der Waals surface area contributed by atoms with Crippen LogP contribution in [0.1, 0.15) is 51.2 Å². The molecule has 0 amide bonds. The molecule has 3 atom stereocenters. The summed E-state index contributed by atoms with van der Waals surface area (Å²) in [4.78, 5) is 0.449. The standard InChI is InChI=1S/C18H25NOS/c1-17(2)14-7-8-18(17,3)15(10-14)20-11-12-5-4-6-13(9-12)16(19)21/h4-6,9,14-15H,7-8,10-11H2,1-3H3,(H2,19,21). The van der Waals surface area contributed by atoms with Crippen LogP contribution in [0.15, 0.2) is 24.3 Å². The molecular formula is C18H25NOS. The van der Waals surface area contributed by atoms with Gasteiger partial charge in [0.25, 0.3) is 0 Å². The fourth-order valence-corrected chi connectivity index (χ4v) is 4.52. The molecule has 21 heavy (non-hydrogen) atoms. The Hall–Kier alpha value is -0.930. The molecular weight excluding hydrogens is 278 g/mol. The van der Waals surface area contributed by atoms with Gasteiger partial charge in [-0.2, -0.15) is 0 Å². The minimum Gasteiger partial charge on any atom is -0.389 e. The van der Waals surface area contributed by atoms with Gasteiger partial charge >= 0.3 is 0 Å². The molecule has 2 fully saturated rings. The van der Waals surface area contributed by atoms with Gasteiger partial charge in [-0.15, -0.1) is 0 Å². The fraction of sp³-hybridized carbons (Fsp3) is 0.611. The van der Waals surface area contributed by atoms with Crippen molar-refractivity contribution < 1.29 is 4.74 Å². The molecule has 0 saturated heterocycles. The third kappa shape index (κ3) is 2.31. The van der Waals surface area contributed by atoms with Gasteiger partial charge in [-0.25, -0.2) is 0 Å². The van der Waals surface area contributed by atoms with E-state index in [1.807, 2.05) is 18.2 Å². The second-order valence-corrected chi connectivity index (χ2v) is 7.91. The van der Waals surface area contributed by atoms with Crippen LogP contribution in [-0.2, 0) is 11.3 Å². The van der Waals surface area contributed by atoms with Crippen molar-refractivity contribution in [2.45, 2.75) is 52.7 Å². The topological polar surface area (TPSA) is 35.2 Å². The molecule has 2 nitrogen and oxygen atoms in total. The zero-order valence-electron chi connectivity index (χ0n) is 13.2. The summed E-state index contributed by atoms with van der Waals surface area (Å²) >= 11 is 5.04. The van der Waals surface area contributed by atoms with E-state index in [1.54, 1.807) is 0 Å². The molecule has 3 heteroatoms. The highest BCUT2D eigenvalue weighted by molar-refractivity contribution is 7.80. The lowest BCUT2D eigenvalue weighted by atomic mass is 9.70. The molecule has 1 aromatic rings. The number of fused-ring (bicyclic) bond motifs is 2. The molecule has 2 aliphatic carbocycles. The normalized spacial score (nSPS) is 33.3. The van der Waals surface area contributed by atoms with E-state index >= 15 is 0 Å². The van der Waals surface area contributed by atoms with E-state index < -0.39 is 0 Å². The van der Waals surface area contributed by atoms with E-state index in [2.05, 4.69) is 26.8 Å². The van der Waals surface area contributed by atoms with E-state index in [9.17, 15) is 0 Å². The first-order valence-corrected chi connectivity index (χ1v) is 8.26. The molecule has 0 radical (unpaired) electrons. The predicted octanol–water partition coefficient (Wildman–Crippen LogP) is 4.05. The van der Waals surface area contributed by atoms with Crippen molar-refractivity contribution in [3.05, 3.63) is 35.4 Å². The molecule has 2 saturated carbocycles. The van der Waals surface area contributed by atoms with E-state index in [4.69, 9.17) is 22.7 Å². The summed E-state index contributed by atoms with van der Waals surface area (Å²) in [5.74, 6) is 0.815. The summed E-state index contributed by atoms with van der Waals surface area (Å²) in [6.07, 6.45) is 4.24. The van der Waals surface area contributed by atoms with Crippen molar-refractivity contribution in [1.82, 2.24) is 0 Å². The Balaban J connectivity index is 1.69. The maximum Gasteiger partial charge on any atom is 0.103 e. The Labute approximate surface area is 133 Å².